The summed E-state index contributed by atoms with van der Waals surface area (Å²) >= 11 is 3.27. The fourth-order valence-corrected chi connectivity index (χ4v) is 17.3. The number of rotatable bonds is 27. The zero-order valence-corrected chi connectivity index (χ0v) is 80.3. The summed E-state index contributed by atoms with van der Waals surface area (Å²) in [5.41, 5.74) is 10.4. The summed E-state index contributed by atoms with van der Waals surface area (Å²) in [6.45, 7) is 10.2. The minimum Gasteiger partial charge on any atom is -0.485 e. The Hall–Kier alpha value is -12.9. The molecule has 133 heavy (non-hydrogen) atoms. The number of unbranched alkanes of at least 4 members (excludes halogenated alkanes) is 1. The highest BCUT2D eigenvalue weighted by molar-refractivity contribution is 7.98. The van der Waals surface area contributed by atoms with Crippen LogP contribution >= 0.6 is 23.1 Å². The molecule has 0 saturated carbocycles. The van der Waals surface area contributed by atoms with Gasteiger partial charge in [0.2, 0.25) is 5.88 Å². The monoisotopic (exact) mass is 1930 g/mol. The minimum absolute atomic E-state index is 0.287. The van der Waals surface area contributed by atoms with E-state index in [0.717, 1.165) is 153 Å². The number of nitrogens with one attached hydrogen (secondary N) is 2. The summed E-state index contributed by atoms with van der Waals surface area (Å²) in [7, 11) is -13.8. The fourth-order valence-electron chi connectivity index (χ4n) is 13.2. The average molecular weight is 1930 g/mol. The molecule has 2 fully saturated rings. The van der Waals surface area contributed by atoms with Gasteiger partial charge in [-0.3, -0.25) is 19.9 Å². The summed E-state index contributed by atoms with van der Waals surface area (Å²) in [6, 6.07) is 61.3. The van der Waals surface area contributed by atoms with E-state index >= 15 is 0 Å². The number of hydrogen-bond donors (Lipinski definition) is 2. The molecule has 0 bridgehead atoms. The Morgan fingerprint density at radius 1 is 0.406 bits per heavy atom. The van der Waals surface area contributed by atoms with Gasteiger partial charge in [0, 0.05) is 127 Å². The first-order valence-electron chi connectivity index (χ1n) is 42.2. The second kappa shape index (κ2) is 47.4. The Kier molecular flexibility index (Phi) is 35.3. The van der Waals surface area contributed by atoms with Crippen molar-refractivity contribution in [3.63, 3.8) is 0 Å². The maximum Gasteiger partial charge on any atom is 0.232 e. The second-order valence-electron chi connectivity index (χ2n) is 30.8. The van der Waals surface area contributed by atoms with Crippen LogP contribution in [0, 0.1) is 0 Å². The smallest absolute Gasteiger partial charge is 0.232 e. The van der Waals surface area contributed by atoms with Crippen LogP contribution in [0.4, 0.5) is 23.3 Å². The summed E-state index contributed by atoms with van der Waals surface area (Å²) in [6.07, 6.45) is 34.0. The highest BCUT2D eigenvalue weighted by Gasteiger charge is 2.20. The van der Waals surface area contributed by atoms with Crippen molar-refractivity contribution in [2.24, 2.45) is 0 Å². The van der Waals surface area contributed by atoms with Gasteiger partial charge in [-0.05, 0) is 183 Å². The number of anilines is 4. The SMILES string of the molecule is CCCCOc1cncc(-c2ccc(S(C)(=O)=O)cc2)n1.CN1CCN(c2cncc(-c3ccc(S(C)(=O)=O)cc3)n2)CC1.CS(=O)(=O)c1ccc(-c2ccnc(NCc3ccco3)c2)cc1.CS(=O)(=O)c1ccc(-c2cncc(N3CCCCC3)n2)cc1.CS(=O)(=O)c1ccc(-c2cncc(OCc3nccs3)c2)cc1.CSc1ccc(-c2cccc(NCc3ccco3)n2)cc1. The molecule has 692 valence electrons. The summed E-state index contributed by atoms with van der Waals surface area (Å²) in [4.78, 5) is 53.2. The molecule has 0 spiro atoms. The van der Waals surface area contributed by atoms with Crippen molar-refractivity contribution in [2.75, 3.05) is 111 Å². The Bertz CT molecular complexity index is 6680. The topological polar surface area (TPSA) is 378 Å². The van der Waals surface area contributed by atoms with Crippen LogP contribution in [-0.2, 0) is 68.9 Å². The standard InChI is InChI=1S/C17H16N2O3S.C17H16N2OS.C16H20N4O2S.C16H19N3O2S.C16H14N2O3S2.C15H18N2O3S/c1-23(20,21)16-6-4-13(5-7-16)14-8-9-18-17(11-14)19-12-15-3-2-10-22-15;1-21-15-9-7-13(8-10-15)16-5-2-6-17(19-16)18-12-14-4-3-11-20-14;1-19-7-9-20(10-8-19)16-12-17-11-15(18-16)13-3-5-14(6-4-13)23(2,21)22;1-22(20,21)14-7-5-13(6-8-14)15-11-17-12-16(18-15)19-9-3-2-4-10-19;1-23(19,20)15-4-2-12(3-5-15)13-8-14(10-17-9-13)21-11-16-18-6-7-22-16;1-3-4-9-20-15-11-16-10-14(17-15)12-5-7-13(8-6-12)21(2,18)19/h2-11H,12H2,1H3,(H,18,19);2-11H,12H2,1H3,(H,18,19);3-6,11-12H,7-10H2,1-2H3;5-8,11-12H,2-4,9-10H2,1H3;2-10H,11H2,1H3;5-8,10-11H,3-4,9H2,1-2H3. The lowest BCUT2D eigenvalue weighted by atomic mass is 10.1. The molecular weight excluding hydrogens is 1820 g/mol. The first-order chi connectivity index (χ1) is 63.9. The normalized spacial score (nSPS) is 12.8. The van der Waals surface area contributed by atoms with Crippen LogP contribution in [0.3, 0.4) is 0 Å². The molecule has 0 atom stereocenters. The zero-order chi connectivity index (χ0) is 94.4. The van der Waals surface area contributed by atoms with E-state index in [1.807, 2.05) is 66.0 Å². The average Bonchev–Trinajstić information content (AvgIpc) is 1.81. The number of thioether (sulfide) groups is 1. The van der Waals surface area contributed by atoms with Crippen LogP contribution in [-0.4, -0.2) is 187 Å². The molecule has 36 heteroatoms. The molecule has 15 aromatic rings. The Morgan fingerprint density at radius 2 is 0.857 bits per heavy atom. The van der Waals surface area contributed by atoms with Crippen LogP contribution in [0.25, 0.3) is 67.3 Å². The molecule has 0 amide bonds. The molecular formula is C97H103N15O14S7. The highest BCUT2D eigenvalue weighted by atomic mass is 32.2. The zero-order valence-electron chi connectivity index (χ0n) is 74.6. The molecule has 11 heterocycles. The maximum atomic E-state index is 11.5. The number of sulfone groups is 5. The molecule has 29 nitrogen and oxygen atoms in total. The number of thiazole rings is 1. The molecule has 2 aliphatic rings. The molecule has 2 saturated heterocycles. The second-order valence-corrected chi connectivity index (χ2v) is 42.8. The van der Waals surface area contributed by atoms with Crippen molar-refractivity contribution in [3.05, 3.63) is 303 Å². The van der Waals surface area contributed by atoms with E-state index in [1.165, 1.54) is 66.8 Å². The molecule has 9 aromatic heterocycles. The number of ether oxygens (including phenoxy) is 2. The van der Waals surface area contributed by atoms with E-state index in [1.54, 1.807) is 208 Å². The molecule has 2 N–H and O–H groups in total. The van der Waals surface area contributed by atoms with E-state index in [-0.39, 0.29) is 4.90 Å². The molecule has 0 radical (unpaired) electrons. The molecule has 0 unspecified atom stereocenters. The van der Waals surface area contributed by atoms with Crippen molar-refractivity contribution < 1.29 is 60.4 Å². The number of likely N-dealkylation sites (N-methyl/N-ethyl adjacent to an activating group) is 1. The number of pyridine rings is 3. The number of piperazine rings is 1. The van der Waals surface area contributed by atoms with Gasteiger partial charge in [-0.15, -0.1) is 23.1 Å². The van der Waals surface area contributed by atoms with Crippen molar-refractivity contribution in [1.29, 1.82) is 0 Å². The van der Waals surface area contributed by atoms with Crippen molar-refractivity contribution >= 4 is 95.6 Å². The van der Waals surface area contributed by atoms with Crippen molar-refractivity contribution in [2.45, 2.75) is 88.1 Å². The first kappa shape index (κ1) is 99.1. The van der Waals surface area contributed by atoms with Gasteiger partial charge in [-0.2, -0.15) is 0 Å². The third-order valence-electron chi connectivity index (χ3n) is 20.6. The molecule has 17 rings (SSSR count). The van der Waals surface area contributed by atoms with Gasteiger partial charge in [0.25, 0.3) is 0 Å². The number of aromatic nitrogens is 10. The molecule has 0 aliphatic carbocycles. The van der Waals surface area contributed by atoms with Crippen molar-refractivity contribution in [3.8, 4) is 78.9 Å². The van der Waals surface area contributed by atoms with Gasteiger partial charge in [-0.25, -0.2) is 72.0 Å². The fraction of sp³-hybridized carbons (Fsp3) is 0.237. The van der Waals surface area contributed by atoms with Crippen LogP contribution in [0.15, 0.2) is 324 Å². The number of furan rings is 2. The lowest BCUT2D eigenvalue weighted by Crippen LogP contribution is -2.44. The van der Waals surface area contributed by atoms with E-state index in [9.17, 15) is 42.1 Å². The third-order valence-corrected chi connectivity index (χ3v) is 27.7. The highest BCUT2D eigenvalue weighted by Crippen LogP contribution is 2.31. The maximum absolute atomic E-state index is 11.5. The third kappa shape index (κ3) is 30.8. The summed E-state index contributed by atoms with van der Waals surface area (Å²) < 4.78 is 137. The lowest BCUT2D eigenvalue weighted by Gasteiger charge is -2.33. The predicted molar refractivity (Wildman–Crippen MR) is 523 cm³/mol. The van der Waals surface area contributed by atoms with Gasteiger partial charge in [-0.1, -0.05) is 92.2 Å². The van der Waals surface area contributed by atoms with Gasteiger partial charge in [0.1, 0.15) is 52.2 Å². The van der Waals surface area contributed by atoms with Gasteiger partial charge in [0.05, 0.1) is 123 Å². The van der Waals surface area contributed by atoms with E-state index in [4.69, 9.17) is 18.3 Å². The van der Waals surface area contributed by atoms with E-state index in [2.05, 4.69) is 120 Å². The largest absolute Gasteiger partial charge is 0.485 e. The Labute approximate surface area is 785 Å². The first-order valence-corrected chi connectivity index (χ1v) is 53.8. The van der Waals surface area contributed by atoms with Crippen LogP contribution in [0.2, 0.25) is 0 Å². The van der Waals surface area contributed by atoms with Gasteiger partial charge >= 0.3 is 0 Å². The van der Waals surface area contributed by atoms with Crippen LogP contribution < -0.4 is 29.9 Å². The summed E-state index contributed by atoms with van der Waals surface area (Å²) in [5, 5.41) is 9.26. The minimum atomic E-state index is -3.19. The molecule has 6 aromatic carbocycles. The number of hydrogen-bond acceptors (Lipinski definition) is 31. The van der Waals surface area contributed by atoms with E-state index in [0.29, 0.717) is 63.2 Å². The predicted octanol–water partition coefficient (Wildman–Crippen LogP) is 17.8. The molecule has 2 aliphatic heterocycles. The number of piperidine rings is 1. The van der Waals surface area contributed by atoms with Crippen molar-refractivity contribution in [1.82, 2.24) is 54.7 Å². The van der Waals surface area contributed by atoms with Gasteiger partial charge in [0.15, 0.2) is 49.2 Å². The lowest BCUT2D eigenvalue weighted by molar-refractivity contribution is 0.297. The van der Waals surface area contributed by atoms with Crippen LogP contribution in [0.1, 0.15) is 55.6 Å². The number of nitrogens with zero attached hydrogens (tertiary/aromatic N) is 13. The van der Waals surface area contributed by atoms with Crippen LogP contribution in [0.5, 0.6) is 11.6 Å². The quantitative estimate of drug-likeness (QED) is 0.0357. The van der Waals surface area contributed by atoms with E-state index < -0.39 is 49.2 Å². The Balaban J connectivity index is 0.000000144. The summed E-state index contributed by atoms with van der Waals surface area (Å²) in [5.74, 6) is 6.18. The number of benzene rings is 6. The van der Waals surface area contributed by atoms with Gasteiger partial charge < -0.3 is 43.6 Å². The Morgan fingerprint density at radius 3 is 1.32 bits per heavy atom.